The van der Waals surface area contributed by atoms with Gasteiger partial charge in [-0.1, -0.05) is 43.0 Å². The van der Waals surface area contributed by atoms with Crippen LogP contribution in [0.4, 0.5) is 5.82 Å². The van der Waals surface area contributed by atoms with Crippen LogP contribution in [0.5, 0.6) is 5.75 Å². The van der Waals surface area contributed by atoms with Crippen LogP contribution in [0.3, 0.4) is 0 Å². The highest BCUT2D eigenvalue weighted by molar-refractivity contribution is 6.36. The fraction of sp³-hybridized carbons (Fsp3) is 0.429. The Balaban J connectivity index is 1.53. The number of unbranched alkanes of at least 4 members (excludes halogenated alkanes) is 2. The summed E-state index contributed by atoms with van der Waals surface area (Å²) in [5, 5.41) is 1.04. The minimum absolute atomic E-state index is 0.0346. The van der Waals surface area contributed by atoms with Gasteiger partial charge in [-0.2, -0.15) is 0 Å². The number of piperazine rings is 1. The third-order valence-electron chi connectivity index (χ3n) is 4.77. The van der Waals surface area contributed by atoms with Gasteiger partial charge in [-0.3, -0.25) is 4.79 Å². The summed E-state index contributed by atoms with van der Waals surface area (Å²) in [6, 6.07) is 9.09. The van der Waals surface area contributed by atoms with E-state index in [2.05, 4.69) is 16.8 Å². The van der Waals surface area contributed by atoms with E-state index in [9.17, 15) is 4.79 Å². The maximum absolute atomic E-state index is 12.8. The molecule has 0 radical (unpaired) electrons. The van der Waals surface area contributed by atoms with Crippen molar-refractivity contribution in [3.05, 3.63) is 52.1 Å². The maximum atomic E-state index is 12.8. The number of carbonyl (C=O) groups excluding carboxylic acids is 1. The quantitative estimate of drug-likeness (QED) is 0.595. The molecule has 0 bridgehead atoms. The lowest BCUT2D eigenvalue weighted by molar-refractivity contribution is 0.0746. The molecule has 1 aromatic carbocycles. The molecule has 1 amide bonds. The number of hydrogen-bond donors (Lipinski definition) is 0. The second-order valence-electron chi connectivity index (χ2n) is 6.82. The summed E-state index contributed by atoms with van der Waals surface area (Å²) in [5.41, 5.74) is 0.678. The molecule has 1 saturated heterocycles. The Labute approximate surface area is 176 Å². The lowest BCUT2D eigenvalue weighted by Crippen LogP contribution is -2.49. The van der Waals surface area contributed by atoms with Crippen LogP contribution in [0.15, 0.2) is 36.5 Å². The first kappa shape index (κ1) is 20.7. The molecule has 150 valence electrons. The summed E-state index contributed by atoms with van der Waals surface area (Å²) in [4.78, 5) is 21.0. The minimum Gasteiger partial charge on any atom is -0.494 e. The molecular weight excluding hydrogens is 397 g/mol. The van der Waals surface area contributed by atoms with Gasteiger partial charge >= 0.3 is 0 Å². The van der Waals surface area contributed by atoms with Crippen molar-refractivity contribution in [3.8, 4) is 5.75 Å². The van der Waals surface area contributed by atoms with Crippen molar-refractivity contribution < 1.29 is 9.53 Å². The van der Waals surface area contributed by atoms with E-state index in [1.807, 2.05) is 29.2 Å². The van der Waals surface area contributed by atoms with E-state index < -0.39 is 0 Å². The van der Waals surface area contributed by atoms with Crippen LogP contribution in [-0.4, -0.2) is 48.6 Å². The lowest BCUT2D eigenvalue weighted by atomic mass is 10.1. The lowest BCUT2D eigenvalue weighted by Gasteiger charge is -2.35. The van der Waals surface area contributed by atoms with Crippen molar-refractivity contribution >= 4 is 34.9 Å². The van der Waals surface area contributed by atoms with Crippen molar-refractivity contribution in [1.29, 1.82) is 0 Å². The van der Waals surface area contributed by atoms with Gasteiger partial charge in [0.25, 0.3) is 5.91 Å². The summed E-state index contributed by atoms with van der Waals surface area (Å²) in [7, 11) is 0. The van der Waals surface area contributed by atoms with Gasteiger partial charge in [-0.25, -0.2) is 4.98 Å². The number of rotatable bonds is 7. The summed E-state index contributed by atoms with van der Waals surface area (Å²) in [6.45, 7) is 5.48. The van der Waals surface area contributed by atoms with E-state index in [1.54, 1.807) is 12.3 Å². The first-order valence-corrected chi connectivity index (χ1v) is 10.4. The van der Waals surface area contributed by atoms with Crippen LogP contribution in [0.1, 0.15) is 36.5 Å². The van der Waals surface area contributed by atoms with Gasteiger partial charge in [0.15, 0.2) is 0 Å². The van der Waals surface area contributed by atoms with Crippen molar-refractivity contribution in [3.63, 3.8) is 0 Å². The van der Waals surface area contributed by atoms with Crippen molar-refractivity contribution in [2.45, 2.75) is 26.2 Å². The number of benzene rings is 1. The molecule has 1 fully saturated rings. The van der Waals surface area contributed by atoms with Gasteiger partial charge in [-0.15, -0.1) is 0 Å². The van der Waals surface area contributed by atoms with Gasteiger partial charge in [0.05, 0.1) is 16.7 Å². The number of hydrogen-bond acceptors (Lipinski definition) is 4. The maximum Gasteiger partial charge on any atom is 0.253 e. The third kappa shape index (κ3) is 5.30. The number of carbonyl (C=O) groups is 1. The Kier molecular flexibility index (Phi) is 7.40. The first-order valence-electron chi connectivity index (χ1n) is 9.66. The highest BCUT2D eigenvalue weighted by Gasteiger charge is 2.24. The SMILES string of the molecule is CCCCCOc1ccc(C(=O)N2CCN(c3ncc(Cl)cc3Cl)CC2)cc1. The molecule has 2 heterocycles. The van der Waals surface area contributed by atoms with Crippen molar-refractivity contribution in [2.75, 3.05) is 37.7 Å². The number of ether oxygens (including phenoxy) is 1. The highest BCUT2D eigenvalue weighted by Crippen LogP contribution is 2.27. The Morgan fingerprint density at radius 1 is 1.11 bits per heavy atom. The molecule has 7 heteroatoms. The molecule has 0 saturated carbocycles. The second kappa shape index (κ2) is 9.99. The molecule has 28 heavy (non-hydrogen) atoms. The molecule has 0 N–H and O–H groups in total. The fourth-order valence-corrected chi connectivity index (χ4v) is 3.68. The molecule has 0 spiro atoms. The summed E-state index contributed by atoms with van der Waals surface area (Å²) in [5.74, 6) is 1.55. The van der Waals surface area contributed by atoms with E-state index in [4.69, 9.17) is 27.9 Å². The molecule has 2 aromatic rings. The second-order valence-corrected chi connectivity index (χ2v) is 7.66. The number of pyridine rings is 1. The van der Waals surface area contributed by atoms with Crippen LogP contribution in [0.2, 0.25) is 10.0 Å². The predicted molar refractivity (Wildman–Crippen MR) is 114 cm³/mol. The molecule has 1 aromatic heterocycles. The summed E-state index contributed by atoms with van der Waals surface area (Å²) >= 11 is 12.2. The number of amides is 1. The standard InChI is InChI=1S/C21H25Cl2N3O2/c1-2-3-4-13-28-18-7-5-16(6-8-18)21(27)26-11-9-25(10-12-26)20-19(23)14-17(22)15-24-20/h5-8,14-15H,2-4,9-13H2,1H3. The zero-order chi connectivity index (χ0) is 19.9. The molecule has 1 aliphatic rings. The average Bonchev–Trinajstić information content (AvgIpc) is 2.71. The van der Waals surface area contributed by atoms with E-state index in [-0.39, 0.29) is 5.91 Å². The van der Waals surface area contributed by atoms with Gasteiger partial charge in [0.1, 0.15) is 11.6 Å². The normalized spacial score (nSPS) is 14.2. The topological polar surface area (TPSA) is 45.7 Å². The van der Waals surface area contributed by atoms with Gasteiger partial charge < -0.3 is 14.5 Å². The average molecular weight is 422 g/mol. The molecule has 5 nitrogen and oxygen atoms in total. The van der Waals surface area contributed by atoms with Crippen molar-refractivity contribution in [2.24, 2.45) is 0 Å². The Morgan fingerprint density at radius 3 is 2.46 bits per heavy atom. The van der Waals surface area contributed by atoms with Gasteiger partial charge in [-0.05, 0) is 36.8 Å². The summed E-state index contributed by atoms with van der Waals surface area (Å²) in [6.07, 6.45) is 4.98. The molecule has 0 aliphatic carbocycles. The van der Waals surface area contributed by atoms with Crippen LogP contribution < -0.4 is 9.64 Å². The molecule has 0 atom stereocenters. The zero-order valence-electron chi connectivity index (χ0n) is 16.0. The summed E-state index contributed by atoms with van der Waals surface area (Å²) < 4.78 is 5.71. The third-order valence-corrected chi connectivity index (χ3v) is 5.26. The van der Waals surface area contributed by atoms with Crippen LogP contribution >= 0.6 is 23.2 Å². The molecule has 0 unspecified atom stereocenters. The first-order chi connectivity index (χ1) is 13.6. The fourth-order valence-electron chi connectivity index (χ4n) is 3.18. The Morgan fingerprint density at radius 2 is 1.82 bits per heavy atom. The zero-order valence-corrected chi connectivity index (χ0v) is 17.5. The number of halogens is 2. The Bertz CT molecular complexity index is 791. The van der Waals surface area contributed by atoms with Crippen molar-refractivity contribution in [1.82, 2.24) is 9.88 Å². The largest absolute Gasteiger partial charge is 0.494 e. The van der Waals surface area contributed by atoms with Gasteiger partial charge in [0.2, 0.25) is 0 Å². The minimum atomic E-state index is 0.0346. The smallest absolute Gasteiger partial charge is 0.253 e. The highest BCUT2D eigenvalue weighted by atomic mass is 35.5. The molecule has 3 rings (SSSR count). The van der Waals surface area contributed by atoms with E-state index in [0.717, 1.165) is 12.2 Å². The van der Waals surface area contributed by atoms with E-state index in [1.165, 1.54) is 12.8 Å². The molecular formula is C21H25Cl2N3O2. The predicted octanol–water partition coefficient (Wildman–Crippen LogP) is 4.92. The van der Waals surface area contributed by atoms with Gasteiger partial charge in [0, 0.05) is 37.9 Å². The van der Waals surface area contributed by atoms with Crippen LogP contribution in [-0.2, 0) is 0 Å². The van der Waals surface area contributed by atoms with Crippen LogP contribution in [0, 0.1) is 0 Å². The Hall–Kier alpha value is -1.98. The number of aromatic nitrogens is 1. The number of anilines is 1. The van der Waals surface area contributed by atoms with E-state index >= 15 is 0 Å². The monoisotopic (exact) mass is 421 g/mol. The molecule has 1 aliphatic heterocycles. The van der Waals surface area contributed by atoms with E-state index in [0.29, 0.717) is 54.2 Å². The van der Waals surface area contributed by atoms with Crippen LogP contribution in [0.25, 0.3) is 0 Å². The number of nitrogens with zero attached hydrogens (tertiary/aromatic N) is 3.